The standard InChI is InChI=1S/C14H23N2O4P/c1-11(2)20-14(17)9-15-21(18,10-19-4)16-13-7-5-6-12(3)8-13/h5-8,11H,9-10H2,1-4H3,(H2,15,16,18). The molecule has 0 radical (unpaired) electrons. The second-order valence-electron chi connectivity index (χ2n) is 5.01. The highest BCUT2D eigenvalue weighted by molar-refractivity contribution is 7.63. The summed E-state index contributed by atoms with van der Waals surface area (Å²) in [6, 6.07) is 7.49. The summed E-state index contributed by atoms with van der Waals surface area (Å²) >= 11 is 0. The maximum absolute atomic E-state index is 12.7. The zero-order chi connectivity index (χ0) is 15.9. The van der Waals surface area contributed by atoms with Gasteiger partial charge in [0.05, 0.1) is 6.10 Å². The SMILES string of the molecule is COCP(=O)(NCC(=O)OC(C)C)Nc1cccc(C)c1. The second-order valence-corrected chi connectivity index (χ2v) is 7.29. The topological polar surface area (TPSA) is 76.7 Å². The Balaban J connectivity index is 2.69. The number of hydrogen-bond acceptors (Lipinski definition) is 4. The molecule has 7 heteroatoms. The Labute approximate surface area is 125 Å². The average Bonchev–Trinajstić information content (AvgIpc) is 2.36. The van der Waals surface area contributed by atoms with Crippen LogP contribution in [0.2, 0.25) is 0 Å². The number of hydrogen-bond donors (Lipinski definition) is 2. The molecule has 0 aliphatic rings. The third-order valence-corrected chi connectivity index (χ3v) is 4.39. The van der Waals surface area contributed by atoms with E-state index in [4.69, 9.17) is 9.47 Å². The van der Waals surface area contributed by atoms with Gasteiger partial charge in [0.2, 0.25) is 0 Å². The molecule has 0 aliphatic carbocycles. The first kappa shape index (κ1) is 17.7. The Morgan fingerprint density at radius 2 is 2.10 bits per heavy atom. The van der Waals surface area contributed by atoms with Gasteiger partial charge in [0.15, 0.2) is 0 Å². The molecule has 0 heterocycles. The molecule has 0 aromatic heterocycles. The van der Waals surface area contributed by atoms with Crippen molar-refractivity contribution >= 4 is 19.1 Å². The van der Waals surface area contributed by atoms with Crippen LogP contribution in [0, 0.1) is 6.92 Å². The van der Waals surface area contributed by atoms with Gasteiger partial charge in [-0.1, -0.05) is 12.1 Å². The first-order valence-corrected chi connectivity index (χ1v) is 8.61. The second kappa shape index (κ2) is 8.17. The smallest absolute Gasteiger partial charge is 0.320 e. The summed E-state index contributed by atoms with van der Waals surface area (Å²) in [4.78, 5) is 11.5. The molecule has 21 heavy (non-hydrogen) atoms. The number of rotatable bonds is 8. The van der Waals surface area contributed by atoms with E-state index in [0.29, 0.717) is 5.69 Å². The fourth-order valence-corrected chi connectivity index (χ4v) is 3.26. The molecular formula is C14H23N2O4P. The van der Waals surface area contributed by atoms with Gasteiger partial charge < -0.3 is 14.6 Å². The number of ether oxygens (including phenoxy) is 2. The molecule has 1 atom stereocenters. The zero-order valence-corrected chi connectivity index (χ0v) is 13.8. The van der Waals surface area contributed by atoms with Gasteiger partial charge in [0, 0.05) is 12.8 Å². The van der Waals surface area contributed by atoms with Gasteiger partial charge >= 0.3 is 5.97 Å². The summed E-state index contributed by atoms with van der Waals surface area (Å²) in [5.41, 5.74) is 1.75. The van der Waals surface area contributed by atoms with Crippen molar-refractivity contribution in [3.8, 4) is 0 Å². The predicted molar refractivity (Wildman–Crippen MR) is 83.5 cm³/mol. The van der Waals surface area contributed by atoms with Crippen LogP contribution in [0.15, 0.2) is 24.3 Å². The third-order valence-electron chi connectivity index (χ3n) is 2.48. The van der Waals surface area contributed by atoms with Crippen LogP contribution in [0.25, 0.3) is 0 Å². The van der Waals surface area contributed by atoms with Crippen molar-refractivity contribution in [2.24, 2.45) is 0 Å². The van der Waals surface area contributed by atoms with Crippen LogP contribution >= 0.6 is 7.44 Å². The van der Waals surface area contributed by atoms with Gasteiger partial charge in [-0.2, -0.15) is 0 Å². The lowest BCUT2D eigenvalue weighted by Gasteiger charge is -2.21. The number of carbonyl (C=O) groups is 1. The van der Waals surface area contributed by atoms with Crippen molar-refractivity contribution < 1.29 is 18.8 Å². The third kappa shape index (κ3) is 6.76. The maximum atomic E-state index is 12.7. The van der Waals surface area contributed by atoms with Crippen LogP contribution in [-0.2, 0) is 18.8 Å². The number of carbonyl (C=O) groups excluding carboxylic acids is 1. The van der Waals surface area contributed by atoms with E-state index in [9.17, 15) is 9.36 Å². The minimum absolute atomic E-state index is 0.0318. The molecule has 6 nitrogen and oxygen atoms in total. The molecule has 118 valence electrons. The van der Waals surface area contributed by atoms with E-state index in [1.54, 1.807) is 13.8 Å². The van der Waals surface area contributed by atoms with Crippen molar-refractivity contribution in [2.45, 2.75) is 26.9 Å². The molecule has 0 saturated heterocycles. The summed E-state index contributed by atoms with van der Waals surface area (Å²) < 4.78 is 22.7. The minimum atomic E-state index is -3.08. The molecule has 1 aromatic carbocycles. The molecule has 1 unspecified atom stereocenters. The van der Waals surface area contributed by atoms with Crippen LogP contribution in [0.5, 0.6) is 0 Å². The van der Waals surface area contributed by atoms with Gasteiger partial charge in [-0.05, 0) is 38.5 Å². The van der Waals surface area contributed by atoms with Crippen LogP contribution < -0.4 is 10.2 Å². The fourth-order valence-electron chi connectivity index (χ4n) is 1.72. The van der Waals surface area contributed by atoms with Crippen molar-refractivity contribution in [1.82, 2.24) is 5.09 Å². The summed E-state index contributed by atoms with van der Waals surface area (Å²) in [6.45, 7) is 5.33. The number of benzene rings is 1. The van der Waals surface area contributed by atoms with E-state index in [1.165, 1.54) is 7.11 Å². The largest absolute Gasteiger partial charge is 0.462 e. The lowest BCUT2D eigenvalue weighted by molar-refractivity contribution is -0.145. The van der Waals surface area contributed by atoms with Gasteiger partial charge in [0.25, 0.3) is 7.44 Å². The number of nitrogens with one attached hydrogen (secondary N) is 2. The number of anilines is 1. The zero-order valence-electron chi connectivity index (χ0n) is 12.9. The molecule has 0 amide bonds. The van der Waals surface area contributed by atoms with Crippen molar-refractivity contribution in [2.75, 3.05) is 25.1 Å². The Morgan fingerprint density at radius 1 is 1.38 bits per heavy atom. The Bertz CT molecular complexity index is 519. The summed E-state index contributed by atoms with van der Waals surface area (Å²) in [7, 11) is -1.62. The lowest BCUT2D eigenvalue weighted by atomic mass is 10.2. The molecule has 0 bridgehead atoms. The Morgan fingerprint density at radius 3 is 2.67 bits per heavy atom. The van der Waals surface area contributed by atoms with Crippen LogP contribution in [0.1, 0.15) is 19.4 Å². The molecule has 1 aromatic rings. The first-order chi connectivity index (χ1) is 9.84. The van der Waals surface area contributed by atoms with E-state index in [2.05, 4.69) is 10.2 Å². The van der Waals surface area contributed by atoms with Gasteiger partial charge in [-0.3, -0.25) is 9.36 Å². The fraction of sp³-hybridized carbons (Fsp3) is 0.500. The van der Waals surface area contributed by atoms with E-state index >= 15 is 0 Å². The normalized spacial score (nSPS) is 13.8. The lowest BCUT2D eigenvalue weighted by Crippen LogP contribution is -2.28. The highest BCUT2D eigenvalue weighted by atomic mass is 31.2. The number of aryl methyl sites for hydroxylation is 1. The van der Waals surface area contributed by atoms with Gasteiger partial charge in [0.1, 0.15) is 12.9 Å². The summed E-state index contributed by atoms with van der Waals surface area (Å²) in [5.74, 6) is -0.452. The molecular weight excluding hydrogens is 291 g/mol. The number of esters is 1. The molecule has 0 spiro atoms. The van der Waals surface area contributed by atoms with Crippen molar-refractivity contribution in [3.05, 3.63) is 29.8 Å². The average molecular weight is 314 g/mol. The van der Waals surface area contributed by atoms with Gasteiger partial charge in [-0.25, -0.2) is 5.09 Å². The monoisotopic (exact) mass is 314 g/mol. The molecule has 0 saturated carbocycles. The van der Waals surface area contributed by atoms with Crippen molar-refractivity contribution in [1.29, 1.82) is 0 Å². The Hall–Kier alpha value is -1.36. The van der Waals surface area contributed by atoms with E-state index < -0.39 is 13.4 Å². The first-order valence-electron chi connectivity index (χ1n) is 6.72. The van der Waals surface area contributed by atoms with Crippen molar-refractivity contribution in [3.63, 3.8) is 0 Å². The molecule has 0 aliphatic heterocycles. The molecule has 0 fully saturated rings. The van der Waals surface area contributed by atoms with Crippen LogP contribution in [0.4, 0.5) is 5.69 Å². The summed E-state index contributed by atoms with van der Waals surface area (Å²) in [6.07, 6.45) is -0.235. The van der Waals surface area contributed by atoms with E-state index in [-0.39, 0.29) is 19.0 Å². The Kier molecular flexibility index (Phi) is 6.89. The molecule has 1 rings (SSSR count). The van der Waals surface area contributed by atoms with Crippen LogP contribution in [0.3, 0.4) is 0 Å². The number of methoxy groups -OCH3 is 1. The quantitative estimate of drug-likeness (QED) is 0.567. The van der Waals surface area contributed by atoms with E-state index in [0.717, 1.165) is 5.56 Å². The summed E-state index contributed by atoms with van der Waals surface area (Å²) in [5, 5.41) is 5.63. The minimum Gasteiger partial charge on any atom is -0.462 e. The molecule has 2 N–H and O–H groups in total. The van der Waals surface area contributed by atoms with E-state index in [1.807, 2.05) is 31.2 Å². The highest BCUT2D eigenvalue weighted by Crippen LogP contribution is 2.40. The predicted octanol–water partition coefficient (Wildman–Crippen LogP) is 2.75. The maximum Gasteiger partial charge on any atom is 0.320 e. The highest BCUT2D eigenvalue weighted by Gasteiger charge is 2.23. The van der Waals surface area contributed by atoms with Gasteiger partial charge in [-0.15, -0.1) is 0 Å². The van der Waals surface area contributed by atoms with Crippen LogP contribution in [-0.4, -0.2) is 32.1 Å².